The van der Waals surface area contributed by atoms with E-state index in [-0.39, 0.29) is 0 Å². The van der Waals surface area contributed by atoms with Gasteiger partial charge in [-0.3, -0.25) is 0 Å². The van der Waals surface area contributed by atoms with Crippen LogP contribution in [0, 0.1) is 0 Å². The Hall–Kier alpha value is -7.11. The predicted octanol–water partition coefficient (Wildman–Crippen LogP) is 11.5. The van der Waals surface area contributed by atoms with Crippen LogP contribution in [-0.4, -0.2) is 24.9 Å². The largest absolute Gasteiger partial charge is 0.244 e. The van der Waals surface area contributed by atoms with Crippen molar-refractivity contribution in [2.75, 3.05) is 0 Å². The monoisotopic (exact) mass is 665 g/mol. The summed E-state index contributed by atoms with van der Waals surface area (Å²) in [6.45, 7) is 0. The molecule has 5 heteroatoms. The van der Waals surface area contributed by atoms with E-state index < -0.39 is 0 Å². The summed E-state index contributed by atoms with van der Waals surface area (Å²) in [7, 11) is 0. The van der Waals surface area contributed by atoms with Crippen LogP contribution in [0.3, 0.4) is 0 Å². The van der Waals surface area contributed by atoms with Crippen LogP contribution in [0.4, 0.5) is 0 Å². The fourth-order valence-corrected chi connectivity index (χ4v) is 6.43. The summed E-state index contributed by atoms with van der Waals surface area (Å²) in [6, 6.07) is 64.0. The molecule has 0 N–H and O–H groups in total. The molecule has 2 aromatic heterocycles. The van der Waals surface area contributed by atoms with Gasteiger partial charge in [0.1, 0.15) is 0 Å². The Labute approximate surface area is 302 Å². The van der Waals surface area contributed by atoms with E-state index in [9.17, 15) is 0 Å². The van der Waals surface area contributed by atoms with Crippen molar-refractivity contribution in [2.45, 2.75) is 0 Å². The average molecular weight is 666 g/mol. The lowest BCUT2D eigenvalue weighted by molar-refractivity contribution is 1.07. The summed E-state index contributed by atoms with van der Waals surface area (Å²) in [5.41, 5.74) is 12.8. The highest BCUT2D eigenvalue weighted by Crippen LogP contribution is 2.33. The molecule has 7 aromatic carbocycles. The number of rotatable bonds is 7. The quantitative estimate of drug-likeness (QED) is 0.169. The van der Waals surface area contributed by atoms with E-state index in [0.29, 0.717) is 17.5 Å². The molecule has 2 heterocycles. The second kappa shape index (κ2) is 13.7. The normalized spacial score (nSPS) is 11.1. The van der Waals surface area contributed by atoms with Crippen molar-refractivity contribution in [2.24, 2.45) is 0 Å². The summed E-state index contributed by atoms with van der Waals surface area (Å²) in [5.74, 6) is 1.94. The first-order valence-electron chi connectivity index (χ1n) is 17.3. The molecule has 0 aliphatic carbocycles. The van der Waals surface area contributed by atoms with Gasteiger partial charge in [0, 0.05) is 27.8 Å². The SMILES string of the molecule is c1ccc(-c2nc(-c3ccccc3)nc(-c3ccc(-c4ccc(-c5ccc6nc(-c7ccccc7)c(-c7ccccc7)nc6c5)cc4)cc3)n2)cc1. The van der Waals surface area contributed by atoms with Crippen LogP contribution >= 0.6 is 0 Å². The molecule has 52 heavy (non-hydrogen) atoms. The summed E-state index contributed by atoms with van der Waals surface area (Å²) < 4.78 is 0. The molecule has 0 bridgehead atoms. The Morgan fingerprint density at radius 3 is 0.942 bits per heavy atom. The van der Waals surface area contributed by atoms with Crippen molar-refractivity contribution in [3.8, 4) is 78.9 Å². The third kappa shape index (κ3) is 6.23. The number of nitrogens with zero attached hydrogens (tertiary/aromatic N) is 5. The maximum Gasteiger partial charge on any atom is 0.164 e. The first kappa shape index (κ1) is 30.9. The van der Waals surface area contributed by atoms with E-state index in [1.165, 1.54) is 0 Å². The third-order valence-corrected chi connectivity index (χ3v) is 9.15. The Morgan fingerprint density at radius 2 is 0.519 bits per heavy atom. The molecule has 0 unspecified atom stereocenters. The molecular weight excluding hydrogens is 635 g/mol. The molecule has 0 amide bonds. The maximum absolute atomic E-state index is 5.17. The van der Waals surface area contributed by atoms with Crippen molar-refractivity contribution < 1.29 is 0 Å². The highest BCUT2D eigenvalue weighted by Gasteiger charge is 2.15. The van der Waals surface area contributed by atoms with Crippen LogP contribution in [0.5, 0.6) is 0 Å². The topological polar surface area (TPSA) is 64.5 Å². The van der Waals surface area contributed by atoms with E-state index in [1.54, 1.807) is 0 Å². The second-order valence-corrected chi connectivity index (χ2v) is 12.5. The second-order valence-electron chi connectivity index (χ2n) is 12.5. The van der Waals surface area contributed by atoms with Crippen LogP contribution < -0.4 is 0 Å². The molecule has 0 aliphatic rings. The molecule has 0 saturated carbocycles. The first-order valence-corrected chi connectivity index (χ1v) is 17.3. The van der Waals surface area contributed by atoms with Crippen LogP contribution in [0.2, 0.25) is 0 Å². The Kier molecular flexibility index (Phi) is 8.12. The molecular formula is C47H31N5. The first-order chi connectivity index (χ1) is 25.7. The van der Waals surface area contributed by atoms with Gasteiger partial charge in [-0.15, -0.1) is 0 Å². The molecule has 0 aliphatic heterocycles. The lowest BCUT2D eigenvalue weighted by Gasteiger charge is -2.12. The highest BCUT2D eigenvalue weighted by atomic mass is 15.0. The van der Waals surface area contributed by atoms with Crippen LogP contribution in [0.1, 0.15) is 0 Å². The van der Waals surface area contributed by atoms with Gasteiger partial charge in [0.15, 0.2) is 17.5 Å². The predicted molar refractivity (Wildman–Crippen MR) is 211 cm³/mol. The number of hydrogen-bond donors (Lipinski definition) is 0. The van der Waals surface area contributed by atoms with Crippen LogP contribution in [-0.2, 0) is 0 Å². The molecule has 0 saturated heterocycles. The lowest BCUT2D eigenvalue weighted by Crippen LogP contribution is -2.00. The van der Waals surface area contributed by atoms with Gasteiger partial charge in [-0.05, 0) is 34.4 Å². The van der Waals surface area contributed by atoms with E-state index >= 15 is 0 Å². The van der Waals surface area contributed by atoms with Crippen molar-refractivity contribution in [3.05, 3.63) is 188 Å². The van der Waals surface area contributed by atoms with Crippen molar-refractivity contribution >= 4 is 11.0 Å². The summed E-state index contributed by atoms with van der Waals surface area (Å²) >= 11 is 0. The van der Waals surface area contributed by atoms with Crippen LogP contribution in [0.25, 0.3) is 90.0 Å². The lowest BCUT2D eigenvalue weighted by atomic mass is 9.99. The van der Waals surface area contributed by atoms with Crippen molar-refractivity contribution in [3.63, 3.8) is 0 Å². The van der Waals surface area contributed by atoms with Gasteiger partial charge in [0.2, 0.25) is 0 Å². The van der Waals surface area contributed by atoms with E-state index in [0.717, 1.165) is 72.5 Å². The third-order valence-electron chi connectivity index (χ3n) is 9.15. The van der Waals surface area contributed by atoms with Gasteiger partial charge in [-0.1, -0.05) is 176 Å². The Morgan fingerprint density at radius 1 is 0.212 bits per heavy atom. The molecule has 0 spiro atoms. The standard InChI is InChI=1S/C47H31N5/c1-5-13-35(14-6-1)43-44(36-15-7-2-8-16-36)49-42-31-40(29-30-41(42)48-43)34-23-21-32(22-24-34)33-25-27-39(28-26-33)47-51-45(37-17-9-3-10-18-37)50-46(52-47)38-19-11-4-12-20-38/h1-31H. The summed E-state index contributed by atoms with van der Waals surface area (Å²) in [4.78, 5) is 24.9. The molecule has 0 radical (unpaired) electrons. The average Bonchev–Trinajstić information content (AvgIpc) is 3.24. The maximum atomic E-state index is 5.17. The van der Waals surface area contributed by atoms with Crippen molar-refractivity contribution in [1.82, 2.24) is 24.9 Å². The minimum atomic E-state index is 0.639. The van der Waals surface area contributed by atoms with Gasteiger partial charge in [0.05, 0.1) is 22.4 Å². The van der Waals surface area contributed by atoms with Crippen LogP contribution in [0.15, 0.2) is 188 Å². The Bertz CT molecular complexity index is 2570. The van der Waals surface area contributed by atoms with Gasteiger partial charge < -0.3 is 0 Å². The minimum Gasteiger partial charge on any atom is -0.244 e. The van der Waals surface area contributed by atoms with E-state index in [1.807, 2.05) is 97.1 Å². The molecule has 9 aromatic rings. The molecule has 0 fully saturated rings. The number of benzene rings is 7. The van der Waals surface area contributed by atoms with Gasteiger partial charge in [0.25, 0.3) is 0 Å². The molecule has 9 rings (SSSR count). The zero-order chi connectivity index (χ0) is 34.7. The van der Waals surface area contributed by atoms with E-state index in [2.05, 4.69) is 91.0 Å². The van der Waals surface area contributed by atoms with Gasteiger partial charge in [-0.25, -0.2) is 24.9 Å². The fourth-order valence-electron chi connectivity index (χ4n) is 6.43. The van der Waals surface area contributed by atoms with E-state index in [4.69, 9.17) is 24.9 Å². The number of hydrogen-bond acceptors (Lipinski definition) is 5. The minimum absolute atomic E-state index is 0.639. The Balaban J connectivity index is 1.02. The number of fused-ring (bicyclic) bond motifs is 1. The fraction of sp³-hybridized carbons (Fsp3) is 0. The van der Waals surface area contributed by atoms with Gasteiger partial charge >= 0.3 is 0 Å². The van der Waals surface area contributed by atoms with Crippen molar-refractivity contribution in [1.29, 1.82) is 0 Å². The van der Waals surface area contributed by atoms with Gasteiger partial charge in [-0.2, -0.15) is 0 Å². The highest BCUT2D eigenvalue weighted by molar-refractivity contribution is 5.89. The zero-order valence-corrected chi connectivity index (χ0v) is 28.1. The molecule has 0 atom stereocenters. The molecule has 5 nitrogen and oxygen atoms in total. The summed E-state index contributed by atoms with van der Waals surface area (Å²) in [6.07, 6.45) is 0. The zero-order valence-electron chi connectivity index (χ0n) is 28.1. The number of aromatic nitrogens is 5. The summed E-state index contributed by atoms with van der Waals surface area (Å²) in [5, 5.41) is 0. The molecule has 244 valence electrons. The smallest absolute Gasteiger partial charge is 0.164 e.